The van der Waals surface area contributed by atoms with Gasteiger partial charge in [-0.3, -0.25) is 0 Å². The molecule has 0 saturated heterocycles. The Morgan fingerprint density at radius 3 is 2.73 bits per heavy atom. The normalized spacial score (nSPS) is 20.4. The first-order chi connectivity index (χ1) is 5.14. The van der Waals surface area contributed by atoms with Gasteiger partial charge in [0.1, 0.15) is 0 Å². The summed E-state index contributed by atoms with van der Waals surface area (Å²) in [5, 5.41) is 4.21. The molecule has 0 aromatic heterocycles. The summed E-state index contributed by atoms with van der Waals surface area (Å²) in [5.74, 6) is 0. The Labute approximate surface area is 68.4 Å². The number of nitrogens with one attached hydrogen (secondary N) is 1. The van der Waals surface area contributed by atoms with E-state index in [0.717, 1.165) is 19.4 Å². The molecule has 0 aromatic rings. The summed E-state index contributed by atoms with van der Waals surface area (Å²) in [6, 6.07) is 0. The molecule has 0 aliphatic heterocycles. The van der Waals surface area contributed by atoms with Crippen LogP contribution in [-0.2, 0) is 0 Å². The molecule has 0 spiro atoms. The Kier molecular flexibility index (Phi) is 2.32. The fourth-order valence-corrected chi connectivity index (χ4v) is 1.35. The molecule has 11 heavy (non-hydrogen) atoms. The Morgan fingerprint density at radius 1 is 1.64 bits per heavy atom. The van der Waals surface area contributed by atoms with E-state index in [1.54, 1.807) is 0 Å². The van der Waals surface area contributed by atoms with Gasteiger partial charge < -0.3 is 5.43 Å². The van der Waals surface area contributed by atoms with E-state index >= 15 is 0 Å². The van der Waals surface area contributed by atoms with E-state index in [4.69, 9.17) is 0 Å². The fourth-order valence-electron chi connectivity index (χ4n) is 1.35. The summed E-state index contributed by atoms with van der Waals surface area (Å²) in [6.07, 6.45) is 4.09. The van der Waals surface area contributed by atoms with Gasteiger partial charge in [0.15, 0.2) is 0 Å². The van der Waals surface area contributed by atoms with Gasteiger partial charge in [0, 0.05) is 5.71 Å². The van der Waals surface area contributed by atoms with E-state index < -0.39 is 0 Å². The molecule has 0 radical (unpaired) electrons. The van der Waals surface area contributed by atoms with Crippen molar-refractivity contribution in [3.8, 4) is 0 Å². The van der Waals surface area contributed by atoms with Gasteiger partial charge in [0.25, 0.3) is 0 Å². The van der Waals surface area contributed by atoms with E-state index in [1.165, 1.54) is 5.71 Å². The van der Waals surface area contributed by atoms with Gasteiger partial charge in [0.2, 0.25) is 0 Å². The number of hydrogen-bond donors (Lipinski definition) is 1. The minimum Gasteiger partial charge on any atom is -0.306 e. The molecule has 1 rings (SSSR count). The van der Waals surface area contributed by atoms with Gasteiger partial charge in [0.05, 0.1) is 6.54 Å². The predicted molar refractivity (Wildman–Crippen MR) is 48.6 cm³/mol. The van der Waals surface area contributed by atoms with Crippen molar-refractivity contribution in [1.29, 1.82) is 0 Å². The average molecular weight is 152 g/mol. The van der Waals surface area contributed by atoms with Crippen LogP contribution in [-0.4, -0.2) is 12.3 Å². The molecule has 0 amide bonds. The molecule has 0 atom stereocenters. The maximum atomic E-state index is 4.21. The molecule has 1 fully saturated rings. The van der Waals surface area contributed by atoms with E-state index in [9.17, 15) is 0 Å². The monoisotopic (exact) mass is 152 g/mol. The predicted octanol–water partition coefficient (Wildman–Crippen LogP) is 1.94. The van der Waals surface area contributed by atoms with Gasteiger partial charge in [-0.2, -0.15) is 5.10 Å². The first kappa shape index (κ1) is 8.31. The second-order valence-corrected chi connectivity index (χ2v) is 3.85. The SMILES string of the molecule is C=CCNN=C1CC(C)(C)C1. The molecule has 0 heterocycles. The van der Waals surface area contributed by atoms with Gasteiger partial charge in [-0.05, 0) is 18.3 Å². The minimum atomic E-state index is 0.495. The van der Waals surface area contributed by atoms with Crippen molar-refractivity contribution in [3.05, 3.63) is 12.7 Å². The van der Waals surface area contributed by atoms with Crippen LogP contribution in [0.4, 0.5) is 0 Å². The van der Waals surface area contributed by atoms with Crippen molar-refractivity contribution in [2.75, 3.05) is 6.54 Å². The molecular formula is C9H16N2. The third kappa shape index (κ3) is 2.37. The lowest BCUT2D eigenvalue weighted by Crippen LogP contribution is -2.33. The fraction of sp³-hybridized carbons (Fsp3) is 0.667. The second-order valence-electron chi connectivity index (χ2n) is 3.85. The Morgan fingerprint density at radius 2 is 2.27 bits per heavy atom. The molecular weight excluding hydrogens is 136 g/mol. The molecule has 1 saturated carbocycles. The summed E-state index contributed by atoms with van der Waals surface area (Å²) in [7, 11) is 0. The first-order valence-corrected chi connectivity index (χ1v) is 4.03. The Balaban J connectivity index is 2.20. The summed E-state index contributed by atoms with van der Waals surface area (Å²) >= 11 is 0. The van der Waals surface area contributed by atoms with Crippen LogP contribution in [0, 0.1) is 5.41 Å². The van der Waals surface area contributed by atoms with Crippen LogP contribution in [0.25, 0.3) is 0 Å². The van der Waals surface area contributed by atoms with Crippen LogP contribution < -0.4 is 5.43 Å². The van der Waals surface area contributed by atoms with E-state index in [0.29, 0.717) is 5.41 Å². The van der Waals surface area contributed by atoms with Crippen molar-refractivity contribution in [1.82, 2.24) is 5.43 Å². The molecule has 1 aliphatic rings. The van der Waals surface area contributed by atoms with Crippen LogP contribution >= 0.6 is 0 Å². The Hall–Kier alpha value is -0.790. The first-order valence-electron chi connectivity index (χ1n) is 4.03. The van der Waals surface area contributed by atoms with Gasteiger partial charge in [-0.15, -0.1) is 6.58 Å². The maximum absolute atomic E-state index is 4.21. The topological polar surface area (TPSA) is 24.4 Å². The lowest BCUT2D eigenvalue weighted by Gasteiger charge is -2.35. The van der Waals surface area contributed by atoms with Crippen LogP contribution in [0.15, 0.2) is 17.8 Å². The largest absolute Gasteiger partial charge is 0.306 e. The highest BCUT2D eigenvalue weighted by atomic mass is 15.3. The average Bonchev–Trinajstić information content (AvgIpc) is 1.84. The number of hydrogen-bond acceptors (Lipinski definition) is 2. The lowest BCUT2D eigenvalue weighted by molar-refractivity contribution is 0.337. The highest BCUT2D eigenvalue weighted by Gasteiger charge is 2.32. The molecule has 2 heteroatoms. The molecule has 2 nitrogen and oxygen atoms in total. The zero-order chi connectivity index (χ0) is 8.32. The molecule has 0 bridgehead atoms. The Bertz CT molecular complexity index is 170. The van der Waals surface area contributed by atoms with Crippen LogP contribution in [0.5, 0.6) is 0 Å². The van der Waals surface area contributed by atoms with Crippen molar-refractivity contribution in [2.45, 2.75) is 26.7 Å². The van der Waals surface area contributed by atoms with E-state index in [2.05, 4.69) is 31.0 Å². The van der Waals surface area contributed by atoms with Crippen molar-refractivity contribution in [2.24, 2.45) is 10.5 Å². The molecule has 0 unspecified atom stereocenters. The molecule has 1 N–H and O–H groups in total. The number of rotatable bonds is 3. The third-order valence-corrected chi connectivity index (χ3v) is 1.84. The summed E-state index contributed by atoms with van der Waals surface area (Å²) in [4.78, 5) is 0. The summed E-state index contributed by atoms with van der Waals surface area (Å²) in [6.45, 7) is 8.89. The van der Waals surface area contributed by atoms with Crippen molar-refractivity contribution >= 4 is 5.71 Å². The number of hydrazone groups is 1. The quantitative estimate of drug-likeness (QED) is 0.373. The highest BCUT2D eigenvalue weighted by molar-refractivity contribution is 5.90. The van der Waals surface area contributed by atoms with Gasteiger partial charge in [-0.1, -0.05) is 19.9 Å². The number of nitrogens with zero attached hydrogens (tertiary/aromatic N) is 1. The van der Waals surface area contributed by atoms with Crippen LogP contribution in [0.1, 0.15) is 26.7 Å². The minimum absolute atomic E-state index is 0.495. The van der Waals surface area contributed by atoms with Crippen molar-refractivity contribution in [3.63, 3.8) is 0 Å². The maximum Gasteiger partial charge on any atom is 0.0507 e. The van der Waals surface area contributed by atoms with E-state index in [1.807, 2.05) is 6.08 Å². The molecule has 62 valence electrons. The zero-order valence-corrected chi connectivity index (χ0v) is 7.35. The lowest BCUT2D eigenvalue weighted by atomic mass is 9.71. The molecule has 1 aliphatic carbocycles. The summed E-state index contributed by atoms with van der Waals surface area (Å²) < 4.78 is 0. The molecule has 0 aromatic carbocycles. The van der Waals surface area contributed by atoms with Crippen molar-refractivity contribution < 1.29 is 0 Å². The zero-order valence-electron chi connectivity index (χ0n) is 7.35. The summed E-state index contributed by atoms with van der Waals surface area (Å²) in [5.41, 5.74) is 4.73. The van der Waals surface area contributed by atoms with Gasteiger partial charge >= 0.3 is 0 Å². The highest BCUT2D eigenvalue weighted by Crippen LogP contribution is 2.36. The van der Waals surface area contributed by atoms with E-state index in [-0.39, 0.29) is 0 Å². The third-order valence-electron chi connectivity index (χ3n) is 1.84. The second kappa shape index (κ2) is 3.07. The van der Waals surface area contributed by atoms with Crippen LogP contribution in [0.3, 0.4) is 0 Å². The standard InChI is InChI=1S/C9H16N2/c1-4-5-10-11-8-6-9(2,3)7-8/h4,10H,1,5-7H2,2-3H3. The van der Waals surface area contributed by atoms with Crippen LogP contribution in [0.2, 0.25) is 0 Å². The smallest absolute Gasteiger partial charge is 0.0507 e. The van der Waals surface area contributed by atoms with Gasteiger partial charge in [-0.25, -0.2) is 0 Å².